The summed E-state index contributed by atoms with van der Waals surface area (Å²) in [7, 11) is 1.91. The summed E-state index contributed by atoms with van der Waals surface area (Å²) in [5.41, 5.74) is 8.79. The number of aryl methyl sites for hydroxylation is 1. The number of hydrogen-bond donors (Lipinski definition) is 1. The Morgan fingerprint density at radius 1 is 1.29 bits per heavy atom. The molecule has 0 aliphatic heterocycles. The Kier molecular flexibility index (Phi) is 3.20. The third-order valence-corrected chi connectivity index (χ3v) is 3.35. The van der Waals surface area contributed by atoms with Crippen molar-refractivity contribution in [1.29, 1.82) is 0 Å². The van der Waals surface area contributed by atoms with E-state index in [1.54, 1.807) is 12.5 Å². The van der Waals surface area contributed by atoms with Gasteiger partial charge >= 0.3 is 0 Å². The molecule has 5 heteroatoms. The fourth-order valence-electron chi connectivity index (χ4n) is 2.30. The van der Waals surface area contributed by atoms with E-state index < -0.39 is 0 Å². The largest absolute Gasteiger partial charge is 0.383 e. The number of nitrogens with two attached hydrogens (primary N) is 1. The van der Waals surface area contributed by atoms with Crippen molar-refractivity contribution in [2.24, 2.45) is 7.05 Å². The van der Waals surface area contributed by atoms with Gasteiger partial charge in [0, 0.05) is 12.6 Å². The van der Waals surface area contributed by atoms with Gasteiger partial charge in [-0.2, -0.15) is 0 Å². The maximum absolute atomic E-state index is 6.25. The van der Waals surface area contributed by atoms with Crippen LogP contribution in [0.2, 0.25) is 0 Å². The predicted octanol–water partition coefficient (Wildman–Crippen LogP) is 2.17. The summed E-state index contributed by atoms with van der Waals surface area (Å²) in [5, 5.41) is 0. The molecule has 5 nitrogen and oxygen atoms in total. The molecule has 0 bridgehead atoms. The molecule has 3 aromatic rings. The number of rotatable bonds is 3. The SMILES string of the molecule is C#CCn1c(-c2ccccc2)nc(-c2cncn2C)c1N. The van der Waals surface area contributed by atoms with E-state index in [9.17, 15) is 0 Å². The standard InChI is InChI=1S/C16H15N5/c1-3-9-21-15(17)14(13-10-18-11-20(13)2)19-16(21)12-7-5-4-6-8-12/h1,4-8,10-11H,9,17H2,2H3. The molecule has 0 aliphatic rings. The van der Waals surface area contributed by atoms with Crippen LogP contribution in [-0.4, -0.2) is 19.1 Å². The molecule has 0 fully saturated rings. The number of anilines is 1. The Labute approximate surface area is 123 Å². The Hall–Kier alpha value is -3.00. The monoisotopic (exact) mass is 277 g/mol. The summed E-state index contributed by atoms with van der Waals surface area (Å²) in [6.07, 6.45) is 8.93. The van der Waals surface area contributed by atoms with Gasteiger partial charge in [-0.15, -0.1) is 6.42 Å². The van der Waals surface area contributed by atoms with Crippen LogP contribution in [0.4, 0.5) is 5.82 Å². The van der Waals surface area contributed by atoms with Gasteiger partial charge in [0.1, 0.15) is 17.3 Å². The number of imidazole rings is 2. The van der Waals surface area contributed by atoms with E-state index in [0.29, 0.717) is 18.1 Å². The number of aromatic nitrogens is 4. The molecular formula is C16H15N5. The summed E-state index contributed by atoms with van der Waals surface area (Å²) in [6, 6.07) is 9.86. The summed E-state index contributed by atoms with van der Waals surface area (Å²) in [5.74, 6) is 3.95. The third kappa shape index (κ3) is 2.17. The average molecular weight is 277 g/mol. The van der Waals surface area contributed by atoms with Crippen LogP contribution in [0.25, 0.3) is 22.8 Å². The van der Waals surface area contributed by atoms with E-state index in [2.05, 4.69) is 15.9 Å². The molecule has 0 atom stereocenters. The van der Waals surface area contributed by atoms with Gasteiger partial charge in [0.25, 0.3) is 0 Å². The van der Waals surface area contributed by atoms with E-state index in [0.717, 1.165) is 17.1 Å². The highest BCUT2D eigenvalue weighted by Gasteiger charge is 2.18. The number of nitrogen functional groups attached to an aromatic ring is 1. The van der Waals surface area contributed by atoms with E-state index in [1.807, 2.05) is 46.5 Å². The van der Waals surface area contributed by atoms with Gasteiger partial charge in [-0.25, -0.2) is 9.97 Å². The predicted molar refractivity (Wildman–Crippen MR) is 83.1 cm³/mol. The molecule has 2 N–H and O–H groups in total. The van der Waals surface area contributed by atoms with Gasteiger partial charge in [-0.05, 0) is 0 Å². The van der Waals surface area contributed by atoms with E-state index in [1.165, 1.54) is 0 Å². The first kappa shape index (κ1) is 13.0. The average Bonchev–Trinajstić information content (AvgIpc) is 3.05. The van der Waals surface area contributed by atoms with Crippen molar-refractivity contribution in [2.45, 2.75) is 6.54 Å². The second-order valence-electron chi connectivity index (χ2n) is 4.72. The van der Waals surface area contributed by atoms with Crippen molar-refractivity contribution >= 4 is 5.82 Å². The Balaban J connectivity index is 2.22. The molecule has 21 heavy (non-hydrogen) atoms. The molecule has 2 aromatic heterocycles. The molecule has 0 spiro atoms. The third-order valence-electron chi connectivity index (χ3n) is 3.35. The lowest BCUT2D eigenvalue weighted by Gasteiger charge is -2.06. The van der Waals surface area contributed by atoms with Crippen molar-refractivity contribution in [3.05, 3.63) is 42.9 Å². The van der Waals surface area contributed by atoms with Crippen LogP contribution in [0.15, 0.2) is 42.9 Å². The van der Waals surface area contributed by atoms with Crippen molar-refractivity contribution in [3.8, 4) is 35.1 Å². The Morgan fingerprint density at radius 3 is 2.67 bits per heavy atom. The second kappa shape index (κ2) is 5.17. The van der Waals surface area contributed by atoms with Crippen LogP contribution in [0.1, 0.15) is 0 Å². The van der Waals surface area contributed by atoms with Crippen LogP contribution in [0.5, 0.6) is 0 Å². The molecule has 1 aromatic carbocycles. The van der Waals surface area contributed by atoms with Crippen LogP contribution in [-0.2, 0) is 13.6 Å². The zero-order valence-electron chi connectivity index (χ0n) is 11.7. The summed E-state index contributed by atoms with van der Waals surface area (Å²) >= 11 is 0. The second-order valence-corrected chi connectivity index (χ2v) is 4.72. The minimum absolute atomic E-state index is 0.376. The lowest BCUT2D eigenvalue weighted by Crippen LogP contribution is -2.04. The minimum atomic E-state index is 0.376. The zero-order valence-corrected chi connectivity index (χ0v) is 11.7. The lowest BCUT2D eigenvalue weighted by atomic mass is 10.2. The van der Waals surface area contributed by atoms with Gasteiger partial charge in [-0.3, -0.25) is 4.57 Å². The fourth-order valence-corrected chi connectivity index (χ4v) is 2.30. The van der Waals surface area contributed by atoms with Gasteiger partial charge in [-0.1, -0.05) is 36.3 Å². The molecule has 0 radical (unpaired) electrons. The molecular weight excluding hydrogens is 262 g/mol. The van der Waals surface area contributed by atoms with Gasteiger partial charge < -0.3 is 10.3 Å². The van der Waals surface area contributed by atoms with E-state index in [4.69, 9.17) is 12.2 Å². The van der Waals surface area contributed by atoms with Crippen LogP contribution in [0.3, 0.4) is 0 Å². The molecule has 0 aliphatic carbocycles. The van der Waals surface area contributed by atoms with Crippen LogP contribution in [0, 0.1) is 12.3 Å². The number of hydrogen-bond acceptors (Lipinski definition) is 3. The quantitative estimate of drug-likeness (QED) is 0.746. The first-order chi connectivity index (χ1) is 10.2. The molecule has 0 amide bonds. The van der Waals surface area contributed by atoms with Gasteiger partial charge in [0.15, 0.2) is 0 Å². The summed E-state index contributed by atoms with van der Waals surface area (Å²) in [6.45, 7) is 0.376. The maximum atomic E-state index is 6.25. The van der Waals surface area contributed by atoms with Crippen molar-refractivity contribution in [1.82, 2.24) is 19.1 Å². The number of terminal acetylenes is 1. The molecule has 0 saturated heterocycles. The van der Waals surface area contributed by atoms with Crippen LogP contribution >= 0.6 is 0 Å². The highest BCUT2D eigenvalue weighted by Crippen LogP contribution is 2.30. The lowest BCUT2D eigenvalue weighted by molar-refractivity contribution is 0.862. The normalized spacial score (nSPS) is 10.5. The highest BCUT2D eigenvalue weighted by atomic mass is 15.2. The zero-order chi connectivity index (χ0) is 14.8. The molecule has 3 rings (SSSR count). The molecule has 0 saturated carbocycles. The van der Waals surface area contributed by atoms with E-state index >= 15 is 0 Å². The first-order valence-corrected chi connectivity index (χ1v) is 6.54. The fraction of sp³-hybridized carbons (Fsp3) is 0.125. The summed E-state index contributed by atoms with van der Waals surface area (Å²) in [4.78, 5) is 8.80. The smallest absolute Gasteiger partial charge is 0.143 e. The van der Waals surface area contributed by atoms with Crippen molar-refractivity contribution in [3.63, 3.8) is 0 Å². The Bertz CT molecular complexity index is 805. The first-order valence-electron chi connectivity index (χ1n) is 6.54. The number of nitrogens with zero attached hydrogens (tertiary/aromatic N) is 4. The van der Waals surface area contributed by atoms with Crippen molar-refractivity contribution < 1.29 is 0 Å². The molecule has 104 valence electrons. The van der Waals surface area contributed by atoms with Crippen molar-refractivity contribution in [2.75, 3.05) is 5.73 Å². The van der Waals surface area contributed by atoms with E-state index in [-0.39, 0.29) is 0 Å². The van der Waals surface area contributed by atoms with Crippen LogP contribution < -0.4 is 5.73 Å². The molecule has 0 unspecified atom stereocenters. The minimum Gasteiger partial charge on any atom is -0.383 e. The van der Waals surface area contributed by atoms with Gasteiger partial charge in [0.05, 0.1) is 24.8 Å². The highest BCUT2D eigenvalue weighted by molar-refractivity contribution is 5.73. The summed E-state index contributed by atoms with van der Waals surface area (Å²) < 4.78 is 3.73. The Morgan fingerprint density at radius 2 is 2.05 bits per heavy atom. The number of benzene rings is 1. The topological polar surface area (TPSA) is 61.7 Å². The molecule has 2 heterocycles. The maximum Gasteiger partial charge on any atom is 0.143 e. The van der Waals surface area contributed by atoms with Gasteiger partial charge in [0.2, 0.25) is 0 Å².